The number of hydrogen-bond acceptors (Lipinski definition) is 4. The third kappa shape index (κ3) is 1.18. The zero-order valence-electron chi connectivity index (χ0n) is 8.69. The maximum atomic E-state index is 5.76. The monoisotopic (exact) mass is 214 g/mol. The number of anilines is 1. The van der Waals surface area contributed by atoms with Crippen LogP contribution in [-0.4, -0.2) is 15.4 Å². The van der Waals surface area contributed by atoms with Gasteiger partial charge in [-0.15, -0.1) is 0 Å². The molecule has 2 aromatic heterocycles. The summed E-state index contributed by atoms with van der Waals surface area (Å²) in [5.41, 5.74) is 9.25. The predicted molar refractivity (Wildman–Crippen MR) is 60.7 cm³/mol. The summed E-state index contributed by atoms with van der Waals surface area (Å²) in [6.45, 7) is 1.91. The first kappa shape index (κ1) is 8.96. The van der Waals surface area contributed by atoms with Crippen LogP contribution in [0.4, 0.5) is 5.82 Å². The molecule has 2 heterocycles. The Morgan fingerprint density at radius 1 is 1.38 bits per heavy atom. The topological polar surface area (TPSA) is 80.7 Å². The van der Waals surface area contributed by atoms with Gasteiger partial charge in [-0.3, -0.25) is 5.10 Å². The molecule has 0 unspecified atom stereocenters. The minimum atomic E-state index is 0.551. The van der Waals surface area contributed by atoms with Crippen LogP contribution in [0.25, 0.3) is 22.1 Å². The Morgan fingerprint density at radius 2 is 2.25 bits per heavy atom. The van der Waals surface area contributed by atoms with Gasteiger partial charge >= 0.3 is 0 Å². The number of nitrogens with one attached hydrogen (secondary N) is 1. The van der Waals surface area contributed by atoms with Crippen molar-refractivity contribution in [2.75, 3.05) is 5.73 Å². The Balaban J connectivity index is 2.23. The average molecular weight is 214 g/mol. The van der Waals surface area contributed by atoms with Crippen LogP contribution in [-0.2, 0) is 0 Å². The minimum absolute atomic E-state index is 0.551. The lowest BCUT2D eigenvalue weighted by Gasteiger charge is -1.98. The fraction of sp³-hybridized carbons (Fsp3) is 0.0909. The molecule has 5 heteroatoms. The number of nitrogens with zero attached hydrogens (tertiary/aromatic N) is 2. The van der Waals surface area contributed by atoms with Crippen LogP contribution < -0.4 is 5.73 Å². The van der Waals surface area contributed by atoms with Gasteiger partial charge in [-0.1, -0.05) is 11.2 Å². The molecule has 0 aliphatic rings. The van der Waals surface area contributed by atoms with Gasteiger partial charge in [0.2, 0.25) is 0 Å². The summed E-state index contributed by atoms with van der Waals surface area (Å²) in [4.78, 5) is 0. The SMILES string of the molecule is Cc1noc2cc(-c3cn[nH]c3N)ccc12. The van der Waals surface area contributed by atoms with Gasteiger partial charge < -0.3 is 10.3 Å². The van der Waals surface area contributed by atoms with E-state index < -0.39 is 0 Å². The first-order valence-corrected chi connectivity index (χ1v) is 4.91. The molecule has 80 valence electrons. The Kier molecular flexibility index (Phi) is 1.73. The number of aromatic nitrogens is 3. The van der Waals surface area contributed by atoms with Gasteiger partial charge in [-0.05, 0) is 24.6 Å². The van der Waals surface area contributed by atoms with Gasteiger partial charge in [0.05, 0.1) is 11.9 Å². The second kappa shape index (κ2) is 3.10. The summed E-state index contributed by atoms with van der Waals surface area (Å²) >= 11 is 0. The summed E-state index contributed by atoms with van der Waals surface area (Å²) < 4.78 is 5.21. The van der Waals surface area contributed by atoms with E-state index in [4.69, 9.17) is 10.3 Å². The van der Waals surface area contributed by atoms with Gasteiger partial charge in [-0.2, -0.15) is 5.10 Å². The fourth-order valence-corrected chi connectivity index (χ4v) is 1.76. The highest BCUT2D eigenvalue weighted by molar-refractivity contribution is 5.86. The molecule has 3 rings (SSSR count). The van der Waals surface area contributed by atoms with Crippen molar-refractivity contribution in [1.29, 1.82) is 0 Å². The van der Waals surface area contributed by atoms with E-state index in [9.17, 15) is 0 Å². The molecule has 0 atom stereocenters. The molecule has 1 aromatic carbocycles. The standard InChI is InChI=1S/C11H10N4O/c1-6-8-3-2-7(4-10(8)16-15-6)9-5-13-14-11(9)12/h2-5H,1H3,(H3,12,13,14). The smallest absolute Gasteiger partial charge is 0.167 e. The lowest BCUT2D eigenvalue weighted by Crippen LogP contribution is -1.87. The van der Waals surface area contributed by atoms with Gasteiger partial charge in [-0.25, -0.2) is 0 Å². The Morgan fingerprint density at radius 3 is 3.00 bits per heavy atom. The van der Waals surface area contributed by atoms with Crippen LogP contribution in [0.15, 0.2) is 28.9 Å². The number of aryl methyl sites for hydroxylation is 1. The Hall–Kier alpha value is -2.30. The number of benzene rings is 1. The molecule has 5 nitrogen and oxygen atoms in total. The number of H-pyrrole nitrogens is 1. The number of nitrogens with two attached hydrogens (primary N) is 1. The maximum Gasteiger partial charge on any atom is 0.167 e. The second-order valence-corrected chi connectivity index (χ2v) is 3.68. The molecule has 0 aliphatic carbocycles. The highest BCUT2D eigenvalue weighted by atomic mass is 16.5. The third-order valence-corrected chi connectivity index (χ3v) is 2.63. The number of aromatic amines is 1. The first-order valence-electron chi connectivity index (χ1n) is 4.91. The molecule has 16 heavy (non-hydrogen) atoms. The van der Waals surface area contributed by atoms with Crippen LogP contribution in [0.1, 0.15) is 5.69 Å². The van der Waals surface area contributed by atoms with Gasteiger partial charge in [0.25, 0.3) is 0 Å². The van der Waals surface area contributed by atoms with E-state index in [1.165, 1.54) is 0 Å². The number of rotatable bonds is 1. The van der Waals surface area contributed by atoms with Crippen LogP contribution in [0.5, 0.6) is 0 Å². The van der Waals surface area contributed by atoms with Gasteiger partial charge in [0.1, 0.15) is 5.82 Å². The zero-order chi connectivity index (χ0) is 11.1. The van der Waals surface area contributed by atoms with Crippen molar-refractivity contribution in [2.45, 2.75) is 6.92 Å². The van der Waals surface area contributed by atoms with E-state index in [1.54, 1.807) is 6.20 Å². The molecule has 0 bridgehead atoms. The van der Waals surface area contributed by atoms with Crippen molar-refractivity contribution in [3.05, 3.63) is 30.1 Å². The number of fused-ring (bicyclic) bond motifs is 1. The fourth-order valence-electron chi connectivity index (χ4n) is 1.76. The molecule has 3 aromatic rings. The summed E-state index contributed by atoms with van der Waals surface area (Å²) in [5, 5.41) is 11.5. The van der Waals surface area contributed by atoms with Crippen molar-refractivity contribution in [3.8, 4) is 11.1 Å². The maximum absolute atomic E-state index is 5.76. The van der Waals surface area contributed by atoms with Crippen LogP contribution in [0.3, 0.4) is 0 Å². The molecular weight excluding hydrogens is 204 g/mol. The molecule has 0 saturated carbocycles. The molecule has 0 saturated heterocycles. The average Bonchev–Trinajstić information content (AvgIpc) is 2.86. The largest absolute Gasteiger partial charge is 0.384 e. The summed E-state index contributed by atoms with van der Waals surface area (Å²) in [7, 11) is 0. The van der Waals surface area contributed by atoms with Crippen LogP contribution >= 0.6 is 0 Å². The van der Waals surface area contributed by atoms with E-state index in [0.717, 1.165) is 27.8 Å². The van der Waals surface area contributed by atoms with E-state index in [2.05, 4.69) is 15.4 Å². The van der Waals surface area contributed by atoms with E-state index >= 15 is 0 Å². The number of hydrogen-bond donors (Lipinski definition) is 2. The quantitative estimate of drug-likeness (QED) is 0.650. The second-order valence-electron chi connectivity index (χ2n) is 3.68. The Labute approximate surface area is 91.2 Å². The van der Waals surface area contributed by atoms with E-state index in [1.807, 2.05) is 25.1 Å². The van der Waals surface area contributed by atoms with E-state index in [-0.39, 0.29) is 0 Å². The molecule has 3 N–H and O–H groups in total. The lowest BCUT2D eigenvalue weighted by molar-refractivity contribution is 0.450. The third-order valence-electron chi connectivity index (χ3n) is 2.63. The molecule has 0 aliphatic heterocycles. The zero-order valence-corrected chi connectivity index (χ0v) is 8.69. The summed E-state index contributed by atoms with van der Waals surface area (Å²) in [5.74, 6) is 0.551. The first-order chi connectivity index (χ1) is 7.75. The highest BCUT2D eigenvalue weighted by Gasteiger charge is 2.08. The van der Waals surface area contributed by atoms with Gasteiger partial charge in [0.15, 0.2) is 5.58 Å². The van der Waals surface area contributed by atoms with Crippen molar-refractivity contribution in [3.63, 3.8) is 0 Å². The van der Waals surface area contributed by atoms with Crippen molar-refractivity contribution in [2.24, 2.45) is 0 Å². The Bertz CT molecular complexity index is 653. The molecular formula is C11H10N4O. The molecule has 0 spiro atoms. The molecule has 0 radical (unpaired) electrons. The normalized spacial score (nSPS) is 11.1. The van der Waals surface area contributed by atoms with E-state index in [0.29, 0.717) is 5.82 Å². The minimum Gasteiger partial charge on any atom is -0.384 e. The summed E-state index contributed by atoms with van der Waals surface area (Å²) in [6, 6.07) is 5.87. The summed E-state index contributed by atoms with van der Waals surface area (Å²) in [6.07, 6.45) is 1.69. The van der Waals surface area contributed by atoms with Crippen molar-refractivity contribution in [1.82, 2.24) is 15.4 Å². The highest BCUT2D eigenvalue weighted by Crippen LogP contribution is 2.28. The van der Waals surface area contributed by atoms with Crippen LogP contribution in [0, 0.1) is 6.92 Å². The van der Waals surface area contributed by atoms with Crippen molar-refractivity contribution < 1.29 is 4.52 Å². The lowest BCUT2D eigenvalue weighted by atomic mass is 10.1. The number of nitrogen functional groups attached to an aromatic ring is 1. The van der Waals surface area contributed by atoms with Gasteiger partial charge in [0, 0.05) is 10.9 Å². The van der Waals surface area contributed by atoms with Crippen LogP contribution in [0.2, 0.25) is 0 Å². The predicted octanol–water partition coefficient (Wildman–Crippen LogP) is 2.11. The molecule has 0 fully saturated rings. The van der Waals surface area contributed by atoms with Crippen molar-refractivity contribution >= 4 is 16.8 Å². The molecule has 0 amide bonds.